The summed E-state index contributed by atoms with van der Waals surface area (Å²) in [4.78, 5) is 0. The largest absolute Gasteiger partial charge is 0.342 e. The Hall–Kier alpha value is -0.990. The van der Waals surface area contributed by atoms with Gasteiger partial charge >= 0.3 is 0 Å². The van der Waals surface area contributed by atoms with Crippen LogP contribution in [-0.4, -0.2) is 11.1 Å². The number of nitrogens with one attached hydrogen (secondary N) is 1. The van der Waals surface area contributed by atoms with Crippen molar-refractivity contribution in [3.05, 3.63) is 34.5 Å². The maximum atomic E-state index is 6.31. The number of hydrogen-bond donors (Lipinski definition) is 1. The van der Waals surface area contributed by atoms with E-state index in [-0.39, 0.29) is 0 Å². The maximum absolute atomic E-state index is 6.31. The molecular weight excluding hydrogens is 208 g/mol. The number of rotatable bonds is 0. The van der Waals surface area contributed by atoms with E-state index in [9.17, 15) is 0 Å². The van der Waals surface area contributed by atoms with Gasteiger partial charge < -0.3 is 9.88 Å². The molecule has 1 aliphatic heterocycles. The highest BCUT2D eigenvalue weighted by atomic mass is 35.5. The van der Waals surface area contributed by atoms with Gasteiger partial charge in [-0.2, -0.15) is 0 Å². The second-order valence-electron chi connectivity index (χ2n) is 4.09. The van der Waals surface area contributed by atoms with E-state index in [4.69, 9.17) is 11.6 Å². The lowest BCUT2D eigenvalue weighted by atomic mass is 10.2. The first kappa shape index (κ1) is 9.25. The van der Waals surface area contributed by atoms with E-state index in [1.165, 1.54) is 16.6 Å². The lowest BCUT2D eigenvalue weighted by Gasteiger charge is -2.17. The number of aromatic nitrogens is 1. The van der Waals surface area contributed by atoms with Crippen LogP contribution in [0.5, 0.6) is 0 Å². The number of halogens is 1. The predicted molar refractivity (Wildman–Crippen MR) is 63.4 cm³/mol. The van der Waals surface area contributed by atoms with Gasteiger partial charge in [-0.15, -0.1) is 0 Å². The van der Waals surface area contributed by atoms with Crippen molar-refractivity contribution in [2.45, 2.75) is 20.0 Å². The lowest BCUT2D eigenvalue weighted by Crippen LogP contribution is -2.27. The van der Waals surface area contributed by atoms with Gasteiger partial charge in [0.15, 0.2) is 0 Å². The third-order valence-corrected chi connectivity index (χ3v) is 3.62. The van der Waals surface area contributed by atoms with Gasteiger partial charge in [0.1, 0.15) is 0 Å². The van der Waals surface area contributed by atoms with Gasteiger partial charge in [0.2, 0.25) is 0 Å². The van der Waals surface area contributed by atoms with Crippen LogP contribution in [0.4, 0.5) is 0 Å². The highest BCUT2D eigenvalue weighted by Crippen LogP contribution is 2.30. The van der Waals surface area contributed by atoms with Gasteiger partial charge in [-0.1, -0.05) is 17.7 Å². The van der Waals surface area contributed by atoms with Crippen LogP contribution in [0.25, 0.3) is 10.9 Å². The summed E-state index contributed by atoms with van der Waals surface area (Å²) >= 11 is 6.31. The Morgan fingerprint density at radius 1 is 1.40 bits per heavy atom. The molecular formula is C12H13ClN2. The molecule has 0 fully saturated rings. The summed E-state index contributed by atoms with van der Waals surface area (Å²) < 4.78 is 2.36. The third kappa shape index (κ3) is 1.29. The fraction of sp³-hybridized carbons (Fsp3) is 0.333. The number of nitrogens with zero attached hydrogens (tertiary/aromatic N) is 1. The van der Waals surface area contributed by atoms with Gasteiger partial charge in [-0.05, 0) is 24.6 Å². The van der Waals surface area contributed by atoms with Crippen LogP contribution in [0.3, 0.4) is 0 Å². The van der Waals surface area contributed by atoms with Gasteiger partial charge in [0, 0.05) is 36.2 Å². The van der Waals surface area contributed by atoms with E-state index in [1.54, 1.807) is 0 Å². The molecule has 0 aliphatic carbocycles. The van der Waals surface area contributed by atoms with Crippen LogP contribution in [0.15, 0.2) is 18.2 Å². The molecule has 1 aliphatic rings. The molecule has 15 heavy (non-hydrogen) atoms. The molecule has 0 amide bonds. The summed E-state index contributed by atoms with van der Waals surface area (Å²) in [5.41, 5.74) is 3.76. The molecule has 0 radical (unpaired) electrons. The number of hydrogen-bond acceptors (Lipinski definition) is 1. The van der Waals surface area contributed by atoms with E-state index in [2.05, 4.69) is 35.0 Å². The first-order valence-electron chi connectivity index (χ1n) is 5.25. The van der Waals surface area contributed by atoms with Crippen molar-refractivity contribution < 1.29 is 0 Å². The van der Waals surface area contributed by atoms with E-state index in [1.807, 2.05) is 0 Å². The number of aryl methyl sites for hydroxylation is 1. The first-order valence-corrected chi connectivity index (χ1v) is 5.63. The first-order chi connectivity index (χ1) is 7.27. The summed E-state index contributed by atoms with van der Waals surface area (Å²) in [6, 6.07) is 6.47. The summed E-state index contributed by atoms with van der Waals surface area (Å²) in [5.74, 6) is 0. The molecule has 0 spiro atoms. The SMILES string of the molecule is Cc1ccc2c(cc3n2CCNC3)c1Cl. The fourth-order valence-corrected chi connectivity index (χ4v) is 2.50. The standard InChI is InChI=1S/C12H13ClN2/c1-8-2-3-11-10(12(8)13)6-9-7-14-4-5-15(9)11/h2-3,6,14H,4-5,7H2,1H3. The molecule has 3 rings (SSSR count). The monoisotopic (exact) mass is 220 g/mol. The van der Waals surface area contributed by atoms with E-state index in [0.717, 1.165) is 30.2 Å². The second-order valence-corrected chi connectivity index (χ2v) is 4.47. The Bertz CT molecular complexity index is 528. The molecule has 3 heteroatoms. The molecule has 1 aromatic heterocycles. The molecule has 0 bridgehead atoms. The fourth-order valence-electron chi connectivity index (χ4n) is 2.28. The summed E-state index contributed by atoms with van der Waals surface area (Å²) in [5, 5.41) is 5.46. The van der Waals surface area contributed by atoms with Crippen LogP contribution in [-0.2, 0) is 13.1 Å². The minimum absolute atomic E-state index is 0.898. The lowest BCUT2D eigenvalue weighted by molar-refractivity contribution is 0.527. The molecule has 0 saturated heterocycles. The average molecular weight is 221 g/mol. The number of benzene rings is 1. The molecule has 1 N–H and O–H groups in total. The van der Waals surface area contributed by atoms with E-state index >= 15 is 0 Å². The van der Waals surface area contributed by atoms with Crippen molar-refractivity contribution >= 4 is 22.5 Å². The molecule has 78 valence electrons. The quantitative estimate of drug-likeness (QED) is 0.723. The molecule has 2 aromatic rings. The van der Waals surface area contributed by atoms with Gasteiger partial charge in [-0.25, -0.2) is 0 Å². The smallest absolute Gasteiger partial charge is 0.0529 e. The van der Waals surface area contributed by atoms with Crippen molar-refractivity contribution in [2.24, 2.45) is 0 Å². The topological polar surface area (TPSA) is 17.0 Å². The Morgan fingerprint density at radius 3 is 3.13 bits per heavy atom. The third-order valence-electron chi connectivity index (χ3n) is 3.12. The molecule has 0 saturated carbocycles. The van der Waals surface area contributed by atoms with Crippen LogP contribution in [0, 0.1) is 6.92 Å². The Balaban J connectivity index is 2.36. The van der Waals surface area contributed by atoms with Gasteiger partial charge in [0.25, 0.3) is 0 Å². The van der Waals surface area contributed by atoms with E-state index in [0.29, 0.717) is 0 Å². The highest BCUT2D eigenvalue weighted by molar-refractivity contribution is 6.36. The molecule has 0 atom stereocenters. The Labute approximate surface area is 93.8 Å². The van der Waals surface area contributed by atoms with Gasteiger partial charge in [-0.3, -0.25) is 0 Å². The van der Waals surface area contributed by atoms with Crippen molar-refractivity contribution in [3.8, 4) is 0 Å². The Morgan fingerprint density at radius 2 is 2.27 bits per heavy atom. The van der Waals surface area contributed by atoms with Crippen molar-refractivity contribution in [1.29, 1.82) is 0 Å². The zero-order valence-electron chi connectivity index (χ0n) is 8.68. The van der Waals surface area contributed by atoms with Crippen LogP contribution < -0.4 is 5.32 Å². The predicted octanol–water partition coefficient (Wildman–Crippen LogP) is 2.71. The minimum atomic E-state index is 0.898. The van der Waals surface area contributed by atoms with Crippen molar-refractivity contribution in [1.82, 2.24) is 9.88 Å². The molecule has 0 unspecified atom stereocenters. The van der Waals surface area contributed by atoms with Gasteiger partial charge in [0.05, 0.1) is 5.02 Å². The molecule has 2 nitrogen and oxygen atoms in total. The van der Waals surface area contributed by atoms with Crippen LogP contribution >= 0.6 is 11.6 Å². The maximum Gasteiger partial charge on any atom is 0.0529 e. The number of fused-ring (bicyclic) bond motifs is 3. The second kappa shape index (κ2) is 3.26. The summed E-state index contributed by atoms with van der Waals surface area (Å²) in [6.07, 6.45) is 0. The summed E-state index contributed by atoms with van der Waals surface area (Å²) in [7, 11) is 0. The minimum Gasteiger partial charge on any atom is -0.342 e. The zero-order chi connectivity index (χ0) is 10.4. The molecule has 1 aromatic carbocycles. The van der Waals surface area contributed by atoms with Crippen LogP contribution in [0.1, 0.15) is 11.3 Å². The highest BCUT2D eigenvalue weighted by Gasteiger charge is 2.14. The van der Waals surface area contributed by atoms with Crippen LogP contribution in [0.2, 0.25) is 5.02 Å². The summed E-state index contributed by atoms with van der Waals surface area (Å²) in [6.45, 7) is 5.08. The Kier molecular flexibility index (Phi) is 2.01. The average Bonchev–Trinajstić information content (AvgIpc) is 2.63. The normalized spacial score (nSPS) is 15.6. The molecule has 2 heterocycles. The van der Waals surface area contributed by atoms with Crippen molar-refractivity contribution in [2.75, 3.05) is 6.54 Å². The van der Waals surface area contributed by atoms with E-state index < -0.39 is 0 Å². The van der Waals surface area contributed by atoms with Crippen molar-refractivity contribution in [3.63, 3.8) is 0 Å². The zero-order valence-corrected chi connectivity index (χ0v) is 9.43.